The summed E-state index contributed by atoms with van der Waals surface area (Å²) in [6, 6.07) is 7.91. The number of rotatable bonds is 2. The third-order valence-corrected chi connectivity index (χ3v) is 4.56. The Morgan fingerprint density at radius 3 is 2.73 bits per heavy atom. The summed E-state index contributed by atoms with van der Waals surface area (Å²) in [7, 11) is 0. The van der Waals surface area contributed by atoms with E-state index in [1.807, 2.05) is 18.2 Å². The maximum Gasteiger partial charge on any atom is 0.356 e. The van der Waals surface area contributed by atoms with Crippen LogP contribution >= 0.6 is 0 Å². The molecule has 2 heterocycles. The standard InChI is InChI=1S/C18H20N2O2/c1-3-13-4-5-16-14(10-13)17(15(11-19)18(21)22-16)20-8-6-12(2)7-9-20/h4-5,10,12H,3,6-9H2,1-2H3. The topological polar surface area (TPSA) is 57.2 Å². The Bertz CT molecular complexity index is 793. The summed E-state index contributed by atoms with van der Waals surface area (Å²) < 4.78 is 5.33. The van der Waals surface area contributed by atoms with E-state index in [1.54, 1.807) is 0 Å². The minimum atomic E-state index is -0.534. The largest absolute Gasteiger partial charge is 0.422 e. The maximum absolute atomic E-state index is 12.1. The molecule has 0 N–H and O–H groups in total. The van der Waals surface area contributed by atoms with Gasteiger partial charge in [-0.15, -0.1) is 0 Å². The quantitative estimate of drug-likeness (QED) is 0.796. The Hall–Kier alpha value is -2.28. The van der Waals surface area contributed by atoms with Gasteiger partial charge in [-0.2, -0.15) is 5.26 Å². The molecule has 0 spiro atoms. The van der Waals surface area contributed by atoms with E-state index in [9.17, 15) is 10.1 Å². The van der Waals surface area contributed by atoms with Crippen molar-refractivity contribution in [1.29, 1.82) is 5.26 Å². The molecule has 1 aromatic heterocycles. The van der Waals surface area contributed by atoms with Gasteiger partial charge in [0.2, 0.25) is 0 Å². The van der Waals surface area contributed by atoms with E-state index in [2.05, 4.69) is 24.8 Å². The Balaban J connectivity index is 2.24. The summed E-state index contributed by atoms with van der Waals surface area (Å²) in [6.45, 7) is 6.10. The highest BCUT2D eigenvalue weighted by atomic mass is 16.4. The van der Waals surface area contributed by atoms with E-state index in [4.69, 9.17) is 4.42 Å². The van der Waals surface area contributed by atoms with Gasteiger partial charge in [0.05, 0.1) is 5.69 Å². The third kappa shape index (κ3) is 2.48. The van der Waals surface area contributed by atoms with E-state index >= 15 is 0 Å². The molecule has 0 aliphatic carbocycles. The fourth-order valence-electron chi connectivity index (χ4n) is 3.11. The first-order chi connectivity index (χ1) is 10.6. The number of nitriles is 1. The summed E-state index contributed by atoms with van der Waals surface area (Å²) in [4.78, 5) is 14.3. The van der Waals surface area contributed by atoms with Crippen LogP contribution in [-0.4, -0.2) is 13.1 Å². The van der Waals surface area contributed by atoms with Crippen molar-refractivity contribution in [2.24, 2.45) is 5.92 Å². The zero-order valence-corrected chi connectivity index (χ0v) is 13.1. The van der Waals surface area contributed by atoms with Gasteiger partial charge in [-0.05, 0) is 42.9 Å². The molecule has 0 unspecified atom stereocenters. The average Bonchev–Trinajstić information content (AvgIpc) is 2.54. The van der Waals surface area contributed by atoms with Crippen LogP contribution in [0, 0.1) is 17.2 Å². The van der Waals surface area contributed by atoms with Gasteiger partial charge in [0.15, 0.2) is 5.56 Å². The summed E-state index contributed by atoms with van der Waals surface area (Å²) in [5.74, 6) is 0.694. The van der Waals surface area contributed by atoms with Gasteiger partial charge < -0.3 is 9.32 Å². The number of hydrogen-bond donors (Lipinski definition) is 0. The van der Waals surface area contributed by atoms with Crippen molar-refractivity contribution in [1.82, 2.24) is 0 Å². The van der Waals surface area contributed by atoms with Gasteiger partial charge in [0.1, 0.15) is 11.7 Å². The molecule has 4 heteroatoms. The number of hydrogen-bond acceptors (Lipinski definition) is 4. The predicted octanol–water partition coefficient (Wildman–Crippen LogP) is 3.46. The van der Waals surface area contributed by atoms with Gasteiger partial charge in [-0.3, -0.25) is 0 Å². The minimum absolute atomic E-state index is 0.135. The van der Waals surface area contributed by atoms with E-state index < -0.39 is 5.63 Å². The van der Waals surface area contributed by atoms with Crippen LogP contribution in [-0.2, 0) is 6.42 Å². The lowest BCUT2D eigenvalue weighted by Crippen LogP contribution is -2.34. The van der Waals surface area contributed by atoms with Crippen LogP contribution in [0.15, 0.2) is 27.4 Å². The number of anilines is 1. The molecule has 114 valence electrons. The lowest BCUT2D eigenvalue weighted by molar-refractivity contribution is 0.438. The fourth-order valence-corrected chi connectivity index (χ4v) is 3.11. The normalized spacial score (nSPS) is 16.0. The number of aryl methyl sites for hydroxylation is 1. The van der Waals surface area contributed by atoms with Crippen molar-refractivity contribution in [3.8, 4) is 6.07 Å². The van der Waals surface area contributed by atoms with E-state index in [0.29, 0.717) is 11.5 Å². The Labute approximate surface area is 130 Å². The first kappa shape index (κ1) is 14.6. The van der Waals surface area contributed by atoms with Crippen molar-refractivity contribution in [2.45, 2.75) is 33.1 Å². The molecule has 4 nitrogen and oxygen atoms in total. The van der Waals surface area contributed by atoms with Gasteiger partial charge in [-0.1, -0.05) is 19.9 Å². The highest BCUT2D eigenvalue weighted by Crippen LogP contribution is 2.32. The molecule has 1 aliphatic rings. The van der Waals surface area contributed by atoms with Crippen LogP contribution in [0.2, 0.25) is 0 Å². The van der Waals surface area contributed by atoms with Crippen molar-refractivity contribution >= 4 is 16.7 Å². The van der Waals surface area contributed by atoms with Crippen LogP contribution in [0.25, 0.3) is 11.0 Å². The van der Waals surface area contributed by atoms with Crippen molar-refractivity contribution < 1.29 is 4.42 Å². The molecule has 1 aromatic carbocycles. The second kappa shape index (κ2) is 5.84. The van der Waals surface area contributed by atoms with Crippen LogP contribution in [0.4, 0.5) is 5.69 Å². The molecule has 2 aromatic rings. The Morgan fingerprint density at radius 2 is 2.09 bits per heavy atom. The molecule has 1 saturated heterocycles. The molecule has 0 atom stereocenters. The van der Waals surface area contributed by atoms with Gasteiger partial charge in [0, 0.05) is 18.5 Å². The second-order valence-corrected chi connectivity index (χ2v) is 6.08. The number of benzene rings is 1. The molecule has 1 aliphatic heterocycles. The first-order valence-electron chi connectivity index (χ1n) is 7.88. The summed E-state index contributed by atoms with van der Waals surface area (Å²) in [5.41, 5.74) is 2.10. The summed E-state index contributed by atoms with van der Waals surface area (Å²) in [5, 5.41) is 10.3. The Morgan fingerprint density at radius 1 is 1.36 bits per heavy atom. The highest BCUT2D eigenvalue weighted by molar-refractivity contribution is 5.93. The van der Waals surface area contributed by atoms with E-state index in [1.165, 1.54) is 5.56 Å². The lowest BCUT2D eigenvalue weighted by atomic mass is 9.97. The zero-order valence-electron chi connectivity index (χ0n) is 13.1. The Kier molecular flexibility index (Phi) is 3.89. The van der Waals surface area contributed by atoms with Gasteiger partial charge >= 0.3 is 5.63 Å². The molecule has 0 radical (unpaired) electrons. The molecule has 22 heavy (non-hydrogen) atoms. The second-order valence-electron chi connectivity index (χ2n) is 6.08. The smallest absolute Gasteiger partial charge is 0.356 e. The average molecular weight is 296 g/mol. The van der Waals surface area contributed by atoms with Crippen LogP contribution in [0.3, 0.4) is 0 Å². The molecule has 0 amide bonds. The van der Waals surface area contributed by atoms with Crippen LogP contribution < -0.4 is 10.5 Å². The number of fused-ring (bicyclic) bond motifs is 1. The maximum atomic E-state index is 12.1. The van der Waals surface area contributed by atoms with Crippen molar-refractivity contribution in [2.75, 3.05) is 18.0 Å². The molecule has 1 fully saturated rings. The van der Waals surface area contributed by atoms with E-state index in [-0.39, 0.29) is 5.56 Å². The van der Waals surface area contributed by atoms with Gasteiger partial charge in [0.25, 0.3) is 0 Å². The number of piperidine rings is 1. The lowest BCUT2D eigenvalue weighted by Gasteiger charge is -2.33. The minimum Gasteiger partial charge on any atom is -0.422 e. The zero-order chi connectivity index (χ0) is 15.7. The predicted molar refractivity (Wildman–Crippen MR) is 87.2 cm³/mol. The summed E-state index contributed by atoms with van der Waals surface area (Å²) >= 11 is 0. The summed E-state index contributed by atoms with van der Waals surface area (Å²) in [6.07, 6.45) is 3.08. The van der Waals surface area contributed by atoms with Gasteiger partial charge in [-0.25, -0.2) is 4.79 Å². The number of nitrogens with zero attached hydrogens (tertiary/aromatic N) is 2. The monoisotopic (exact) mass is 296 g/mol. The molecular weight excluding hydrogens is 276 g/mol. The third-order valence-electron chi connectivity index (χ3n) is 4.56. The molecular formula is C18H20N2O2. The molecule has 0 bridgehead atoms. The highest BCUT2D eigenvalue weighted by Gasteiger charge is 2.23. The van der Waals surface area contributed by atoms with E-state index in [0.717, 1.165) is 43.4 Å². The SMILES string of the molecule is CCc1ccc2oc(=O)c(C#N)c(N3CCC(C)CC3)c2c1. The van der Waals surface area contributed by atoms with Crippen molar-refractivity contribution in [3.05, 3.63) is 39.7 Å². The van der Waals surface area contributed by atoms with Crippen molar-refractivity contribution in [3.63, 3.8) is 0 Å². The fraction of sp³-hybridized carbons (Fsp3) is 0.444. The van der Waals surface area contributed by atoms with Crippen LogP contribution in [0.5, 0.6) is 0 Å². The molecule has 0 saturated carbocycles. The first-order valence-corrected chi connectivity index (χ1v) is 7.88. The van der Waals surface area contributed by atoms with Crippen LogP contribution in [0.1, 0.15) is 37.8 Å². The molecule has 3 rings (SSSR count).